The van der Waals surface area contributed by atoms with Crippen LogP contribution in [0.15, 0.2) is 71.6 Å². The van der Waals surface area contributed by atoms with E-state index in [1.165, 1.54) is 41.3 Å². The highest BCUT2D eigenvalue weighted by molar-refractivity contribution is 7.92. The molecule has 2 amide bonds. The highest BCUT2D eigenvalue weighted by Crippen LogP contribution is 2.29. The Hall–Kier alpha value is -3.34. The van der Waals surface area contributed by atoms with Crippen molar-refractivity contribution in [3.05, 3.63) is 88.2 Å². The molecule has 0 saturated carbocycles. The number of rotatable bonds is 14. The molecular weight excluding hydrogens is 604 g/mol. The SMILES string of the molecule is CCCCNC(=O)[C@H](C)N(Cc1c(Cl)cccc1Cl)C(=O)CN(c1ccc(F)cc1)S(=O)(=O)c1ccc(OCC)cc1. The van der Waals surface area contributed by atoms with Crippen molar-refractivity contribution >= 4 is 50.7 Å². The molecule has 3 aromatic rings. The lowest BCUT2D eigenvalue weighted by Gasteiger charge is -2.32. The van der Waals surface area contributed by atoms with Gasteiger partial charge in [0, 0.05) is 28.7 Å². The van der Waals surface area contributed by atoms with Gasteiger partial charge in [-0.15, -0.1) is 0 Å². The first kappa shape index (κ1) is 33.2. The van der Waals surface area contributed by atoms with E-state index in [1.807, 2.05) is 6.92 Å². The second-order valence-corrected chi connectivity index (χ2v) is 12.1. The zero-order chi connectivity index (χ0) is 30.9. The summed E-state index contributed by atoms with van der Waals surface area (Å²) in [6.07, 6.45) is 1.62. The standard InChI is InChI=1S/C30H34Cl2FN3O5S/c1-4-6-18-34-30(38)21(3)35(19-26-27(31)8-7-9-28(26)32)29(37)20-36(23-12-10-22(33)11-13-23)42(39,40)25-16-14-24(15-17-25)41-5-2/h7-17,21H,4-6,18-20H2,1-3H3,(H,34,38)/t21-/m0/s1. The van der Waals surface area contributed by atoms with E-state index in [1.54, 1.807) is 32.0 Å². The lowest BCUT2D eigenvalue weighted by atomic mass is 10.1. The first-order valence-electron chi connectivity index (χ1n) is 13.5. The van der Waals surface area contributed by atoms with Gasteiger partial charge in [-0.2, -0.15) is 0 Å². The van der Waals surface area contributed by atoms with Crippen LogP contribution in [0.2, 0.25) is 10.0 Å². The van der Waals surface area contributed by atoms with E-state index in [-0.39, 0.29) is 27.2 Å². The molecule has 226 valence electrons. The van der Waals surface area contributed by atoms with Crippen LogP contribution >= 0.6 is 23.2 Å². The molecule has 3 rings (SSSR count). The molecule has 42 heavy (non-hydrogen) atoms. The van der Waals surface area contributed by atoms with Crippen LogP contribution in [0.3, 0.4) is 0 Å². The number of sulfonamides is 1. The van der Waals surface area contributed by atoms with Crippen molar-refractivity contribution in [1.29, 1.82) is 0 Å². The van der Waals surface area contributed by atoms with Crippen LogP contribution < -0.4 is 14.4 Å². The normalized spacial score (nSPS) is 12.0. The Bertz CT molecular complexity index is 1450. The highest BCUT2D eigenvalue weighted by atomic mass is 35.5. The van der Waals surface area contributed by atoms with Gasteiger partial charge in [0.2, 0.25) is 11.8 Å². The summed E-state index contributed by atoms with van der Waals surface area (Å²) in [5.41, 5.74) is 0.472. The third-order valence-corrected chi connectivity index (χ3v) is 9.00. The lowest BCUT2D eigenvalue weighted by molar-refractivity contribution is -0.139. The van der Waals surface area contributed by atoms with Gasteiger partial charge in [-0.05, 0) is 80.9 Å². The Kier molecular flexibility index (Phi) is 12.0. The summed E-state index contributed by atoms with van der Waals surface area (Å²) in [5, 5.41) is 3.39. The summed E-state index contributed by atoms with van der Waals surface area (Å²) in [5.74, 6) is -1.20. The molecule has 0 radical (unpaired) electrons. The van der Waals surface area contributed by atoms with E-state index in [0.29, 0.717) is 24.5 Å². The number of unbranched alkanes of at least 4 members (excludes halogenated alkanes) is 1. The van der Waals surface area contributed by atoms with E-state index < -0.39 is 40.2 Å². The summed E-state index contributed by atoms with van der Waals surface area (Å²) in [6, 6.07) is 14.4. The number of hydrogen-bond donors (Lipinski definition) is 1. The Morgan fingerprint density at radius 2 is 1.60 bits per heavy atom. The van der Waals surface area contributed by atoms with E-state index in [9.17, 15) is 22.4 Å². The van der Waals surface area contributed by atoms with Gasteiger partial charge in [0.15, 0.2) is 0 Å². The average Bonchev–Trinajstić information content (AvgIpc) is 2.96. The van der Waals surface area contributed by atoms with Crippen LogP contribution in [0.25, 0.3) is 0 Å². The minimum atomic E-state index is -4.32. The molecular formula is C30H34Cl2FN3O5S. The van der Waals surface area contributed by atoms with Crippen molar-refractivity contribution < 1.29 is 27.1 Å². The number of amides is 2. The second kappa shape index (κ2) is 15.2. The van der Waals surface area contributed by atoms with Crippen LogP contribution in [0, 0.1) is 5.82 Å². The maximum absolute atomic E-state index is 14.0. The van der Waals surface area contributed by atoms with Crippen molar-refractivity contribution in [3.8, 4) is 5.75 Å². The van der Waals surface area contributed by atoms with Crippen LogP contribution in [-0.4, -0.2) is 50.9 Å². The molecule has 1 atom stereocenters. The van der Waals surface area contributed by atoms with E-state index in [2.05, 4.69) is 5.32 Å². The molecule has 0 aromatic heterocycles. The number of carbonyl (C=O) groups is 2. The summed E-state index contributed by atoms with van der Waals surface area (Å²) < 4.78 is 47.9. The maximum atomic E-state index is 14.0. The molecule has 0 aliphatic carbocycles. The number of carbonyl (C=O) groups excluding carboxylic acids is 2. The average molecular weight is 639 g/mol. The lowest BCUT2D eigenvalue weighted by Crippen LogP contribution is -2.51. The largest absolute Gasteiger partial charge is 0.494 e. The first-order chi connectivity index (χ1) is 20.0. The number of nitrogens with zero attached hydrogens (tertiary/aromatic N) is 2. The second-order valence-electron chi connectivity index (χ2n) is 9.43. The van der Waals surface area contributed by atoms with Crippen LogP contribution in [0.4, 0.5) is 10.1 Å². The zero-order valence-electron chi connectivity index (χ0n) is 23.6. The fraction of sp³-hybridized carbons (Fsp3) is 0.333. The van der Waals surface area contributed by atoms with E-state index >= 15 is 0 Å². The Labute approximate surface area is 256 Å². The van der Waals surface area contributed by atoms with Gasteiger partial charge < -0.3 is 15.0 Å². The molecule has 3 aromatic carbocycles. The smallest absolute Gasteiger partial charge is 0.264 e. The minimum absolute atomic E-state index is 0.0643. The number of ether oxygens (including phenoxy) is 1. The first-order valence-corrected chi connectivity index (χ1v) is 15.7. The summed E-state index contributed by atoms with van der Waals surface area (Å²) >= 11 is 12.8. The predicted octanol–water partition coefficient (Wildman–Crippen LogP) is 6.06. The number of anilines is 1. The Morgan fingerprint density at radius 3 is 2.17 bits per heavy atom. The molecule has 1 N–H and O–H groups in total. The molecule has 8 nitrogen and oxygen atoms in total. The fourth-order valence-corrected chi connectivity index (χ4v) is 6.04. The van der Waals surface area contributed by atoms with Crippen LogP contribution in [0.5, 0.6) is 5.75 Å². The van der Waals surface area contributed by atoms with Crippen LogP contribution in [-0.2, 0) is 26.2 Å². The van der Waals surface area contributed by atoms with E-state index in [4.69, 9.17) is 27.9 Å². The van der Waals surface area contributed by atoms with E-state index in [0.717, 1.165) is 29.3 Å². The van der Waals surface area contributed by atoms with Gasteiger partial charge >= 0.3 is 0 Å². The Balaban J connectivity index is 2.03. The van der Waals surface area contributed by atoms with Gasteiger partial charge in [0.1, 0.15) is 24.2 Å². The van der Waals surface area contributed by atoms with Crippen molar-refractivity contribution in [2.24, 2.45) is 0 Å². The third-order valence-electron chi connectivity index (χ3n) is 6.50. The summed E-state index contributed by atoms with van der Waals surface area (Å²) in [7, 11) is -4.32. The van der Waals surface area contributed by atoms with Gasteiger partial charge in [-0.1, -0.05) is 42.6 Å². The Morgan fingerprint density at radius 1 is 0.976 bits per heavy atom. The third kappa shape index (κ3) is 8.36. The molecule has 0 fully saturated rings. The highest BCUT2D eigenvalue weighted by Gasteiger charge is 2.33. The molecule has 0 bridgehead atoms. The van der Waals surface area contributed by atoms with Gasteiger partial charge in [-0.3, -0.25) is 13.9 Å². The van der Waals surface area contributed by atoms with Crippen molar-refractivity contribution in [1.82, 2.24) is 10.2 Å². The van der Waals surface area contributed by atoms with Gasteiger partial charge in [-0.25, -0.2) is 12.8 Å². The fourth-order valence-electron chi connectivity index (χ4n) is 4.11. The molecule has 12 heteroatoms. The van der Waals surface area contributed by atoms with Crippen molar-refractivity contribution in [3.63, 3.8) is 0 Å². The maximum Gasteiger partial charge on any atom is 0.264 e. The number of benzene rings is 3. The summed E-state index contributed by atoms with van der Waals surface area (Å²) in [6.45, 7) is 5.32. The van der Waals surface area contributed by atoms with Crippen molar-refractivity contribution in [2.45, 2.75) is 51.1 Å². The predicted molar refractivity (Wildman–Crippen MR) is 163 cm³/mol. The quantitative estimate of drug-likeness (QED) is 0.217. The zero-order valence-corrected chi connectivity index (χ0v) is 26.0. The molecule has 0 spiro atoms. The monoisotopic (exact) mass is 637 g/mol. The number of nitrogens with one attached hydrogen (secondary N) is 1. The summed E-state index contributed by atoms with van der Waals surface area (Å²) in [4.78, 5) is 28.2. The molecule has 0 aliphatic heterocycles. The number of halogens is 3. The van der Waals surface area contributed by atoms with Gasteiger partial charge in [0.05, 0.1) is 17.2 Å². The van der Waals surface area contributed by atoms with Crippen LogP contribution in [0.1, 0.15) is 39.2 Å². The van der Waals surface area contributed by atoms with Crippen molar-refractivity contribution in [2.75, 3.05) is 24.0 Å². The number of hydrogen-bond acceptors (Lipinski definition) is 5. The van der Waals surface area contributed by atoms with Gasteiger partial charge in [0.25, 0.3) is 10.0 Å². The molecule has 0 unspecified atom stereocenters. The molecule has 0 heterocycles. The molecule has 0 saturated heterocycles. The minimum Gasteiger partial charge on any atom is -0.494 e. The molecule has 0 aliphatic rings. The topological polar surface area (TPSA) is 96.0 Å².